The Morgan fingerprint density at radius 3 is 2.38 bits per heavy atom. The third-order valence-electron chi connectivity index (χ3n) is 3.21. The summed E-state index contributed by atoms with van der Waals surface area (Å²) < 4.78 is 5.17. The van der Waals surface area contributed by atoms with Crippen molar-refractivity contribution in [1.82, 2.24) is 15.5 Å². The third-order valence-corrected chi connectivity index (χ3v) is 3.21. The van der Waals surface area contributed by atoms with Gasteiger partial charge in [0.1, 0.15) is 6.04 Å². The molecule has 3 amide bonds. The summed E-state index contributed by atoms with van der Waals surface area (Å²) in [6, 6.07) is -1.37. The first-order valence-electron chi connectivity index (χ1n) is 7.05. The minimum absolute atomic E-state index is 0.0102. The molecule has 1 saturated heterocycles. The number of amides is 3. The van der Waals surface area contributed by atoms with Gasteiger partial charge < -0.3 is 25.4 Å². The standard InChI is InChI=1S/C13H23N3O5/c1-9(3-4-11(17)18)14-13(20)15-10(2)12(19)16-5-7-21-8-6-16/h9-10H,3-8H2,1-2H3,(H,17,18)(H2,14,15,20). The lowest BCUT2D eigenvalue weighted by Gasteiger charge is -2.29. The average molecular weight is 301 g/mol. The lowest BCUT2D eigenvalue weighted by Crippen LogP contribution is -2.53. The number of morpholine rings is 1. The Balaban J connectivity index is 2.32. The van der Waals surface area contributed by atoms with Gasteiger partial charge in [0.15, 0.2) is 0 Å². The molecule has 0 spiro atoms. The Morgan fingerprint density at radius 1 is 1.19 bits per heavy atom. The van der Waals surface area contributed by atoms with Crippen molar-refractivity contribution in [1.29, 1.82) is 0 Å². The molecular formula is C13H23N3O5. The number of hydrogen-bond acceptors (Lipinski definition) is 4. The highest BCUT2D eigenvalue weighted by Crippen LogP contribution is 2.01. The molecule has 8 nitrogen and oxygen atoms in total. The largest absolute Gasteiger partial charge is 0.481 e. The lowest BCUT2D eigenvalue weighted by molar-refractivity contribution is -0.137. The van der Waals surface area contributed by atoms with Crippen molar-refractivity contribution in [3.63, 3.8) is 0 Å². The number of ether oxygens (including phenoxy) is 1. The second-order valence-electron chi connectivity index (χ2n) is 5.11. The Labute approximate surface area is 123 Å². The number of carbonyl (C=O) groups excluding carboxylic acids is 2. The van der Waals surface area contributed by atoms with Crippen LogP contribution in [0, 0.1) is 0 Å². The maximum Gasteiger partial charge on any atom is 0.315 e. The summed E-state index contributed by atoms with van der Waals surface area (Å²) in [5, 5.41) is 13.8. The molecule has 0 aromatic heterocycles. The molecule has 1 heterocycles. The summed E-state index contributed by atoms with van der Waals surface area (Å²) in [7, 11) is 0. The number of urea groups is 1. The Bertz CT molecular complexity index is 382. The molecule has 21 heavy (non-hydrogen) atoms. The zero-order valence-electron chi connectivity index (χ0n) is 12.4. The van der Waals surface area contributed by atoms with Gasteiger partial charge in [-0.1, -0.05) is 0 Å². The molecule has 0 radical (unpaired) electrons. The molecule has 120 valence electrons. The highest BCUT2D eigenvalue weighted by atomic mass is 16.5. The van der Waals surface area contributed by atoms with E-state index in [-0.39, 0.29) is 18.4 Å². The summed E-state index contributed by atoms with van der Waals surface area (Å²) in [5.41, 5.74) is 0. The fourth-order valence-corrected chi connectivity index (χ4v) is 1.99. The zero-order valence-corrected chi connectivity index (χ0v) is 12.4. The fourth-order valence-electron chi connectivity index (χ4n) is 1.99. The molecule has 2 atom stereocenters. The number of carboxylic acid groups (broad SMARTS) is 1. The molecule has 1 aliphatic rings. The molecular weight excluding hydrogens is 278 g/mol. The van der Waals surface area contributed by atoms with E-state index in [1.165, 1.54) is 0 Å². The van der Waals surface area contributed by atoms with Crippen LogP contribution in [0.5, 0.6) is 0 Å². The number of nitrogens with zero attached hydrogens (tertiary/aromatic N) is 1. The van der Waals surface area contributed by atoms with Crippen molar-refractivity contribution in [3.8, 4) is 0 Å². The number of nitrogens with one attached hydrogen (secondary N) is 2. The second kappa shape index (κ2) is 8.46. The van der Waals surface area contributed by atoms with Gasteiger partial charge in [0.05, 0.1) is 13.2 Å². The van der Waals surface area contributed by atoms with Gasteiger partial charge >= 0.3 is 12.0 Å². The van der Waals surface area contributed by atoms with Gasteiger partial charge in [-0.2, -0.15) is 0 Å². The summed E-state index contributed by atoms with van der Waals surface area (Å²) in [6.07, 6.45) is 0.332. The van der Waals surface area contributed by atoms with Crippen LogP contribution in [-0.2, 0) is 14.3 Å². The van der Waals surface area contributed by atoms with Crippen LogP contribution in [0.1, 0.15) is 26.7 Å². The van der Waals surface area contributed by atoms with E-state index in [1.807, 2.05) is 0 Å². The Kier molecular flexibility index (Phi) is 6.93. The number of carbonyl (C=O) groups is 3. The van der Waals surface area contributed by atoms with Crippen molar-refractivity contribution in [2.24, 2.45) is 0 Å². The maximum atomic E-state index is 12.1. The second-order valence-corrected chi connectivity index (χ2v) is 5.11. The number of hydrogen-bond donors (Lipinski definition) is 3. The van der Waals surface area contributed by atoms with Crippen LogP contribution in [0.4, 0.5) is 4.79 Å². The number of carboxylic acids is 1. The quantitative estimate of drug-likeness (QED) is 0.629. The normalized spacial score (nSPS) is 17.7. The van der Waals surface area contributed by atoms with E-state index in [2.05, 4.69) is 10.6 Å². The molecule has 0 saturated carbocycles. The molecule has 0 aromatic rings. The van der Waals surface area contributed by atoms with Crippen molar-refractivity contribution in [2.75, 3.05) is 26.3 Å². The molecule has 0 aromatic carbocycles. The SMILES string of the molecule is CC(CCC(=O)O)NC(=O)NC(C)C(=O)N1CCOCC1. The molecule has 3 N–H and O–H groups in total. The molecule has 0 aliphatic carbocycles. The summed E-state index contributed by atoms with van der Waals surface area (Å²) in [4.78, 5) is 35.9. The number of aliphatic carboxylic acids is 1. The van der Waals surface area contributed by atoms with Gasteiger partial charge in [0.25, 0.3) is 0 Å². The number of rotatable bonds is 6. The lowest BCUT2D eigenvalue weighted by atomic mass is 10.2. The van der Waals surface area contributed by atoms with Gasteiger partial charge in [0, 0.05) is 25.6 Å². The van der Waals surface area contributed by atoms with Crippen LogP contribution >= 0.6 is 0 Å². The van der Waals surface area contributed by atoms with E-state index in [1.54, 1.807) is 18.7 Å². The van der Waals surface area contributed by atoms with Crippen LogP contribution in [0.3, 0.4) is 0 Å². The van der Waals surface area contributed by atoms with Crippen molar-refractivity contribution < 1.29 is 24.2 Å². The van der Waals surface area contributed by atoms with Gasteiger partial charge in [-0.15, -0.1) is 0 Å². The summed E-state index contributed by atoms with van der Waals surface area (Å²) >= 11 is 0. The van der Waals surface area contributed by atoms with Crippen LogP contribution in [0.2, 0.25) is 0 Å². The van der Waals surface area contributed by atoms with Crippen LogP contribution in [0.15, 0.2) is 0 Å². The minimum atomic E-state index is -0.903. The van der Waals surface area contributed by atoms with E-state index >= 15 is 0 Å². The smallest absolute Gasteiger partial charge is 0.315 e. The molecule has 1 aliphatic heterocycles. The molecule has 2 unspecified atom stereocenters. The van der Waals surface area contributed by atoms with Crippen LogP contribution in [-0.4, -0.2) is 66.3 Å². The predicted molar refractivity (Wildman–Crippen MR) is 74.9 cm³/mol. The van der Waals surface area contributed by atoms with Gasteiger partial charge in [-0.25, -0.2) is 4.79 Å². The third kappa shape index (κ3) is 6.44. The molecule has 0 bridgehead atoms. The average Bonchev–Trinajstić information content (AvgIpc) is 2.45. The van der Waals surface area contributed by atoms with Crippen molar-refractivity contribution >= 4 is 17.9 Å². The van der Waals surface area contributed by atoms with Gasteiger partial charge in [-0.3, -0.25) is 9.59 Å². The highest BCUT2D eigenvalue weighted by Gasteiger charge is 2.23. The summed E-state index contributed by atoms with van der Waals surface area (Å²) in [6.45, 7) is 5.42. The highest BCUT2D eigenvalue weighted by molar-refractivity contribution is 5.86. The first-order chi connectivity index (χ1) is 9.90. The van der Waals surface area contributed by atoms with Crippen LogP contribution < -0.4 is 10.6 Å². The van der Waals surface area contributed by atoms with Crippen LogP contribution in [0.25, 0.3) is 0 Å². The zero-order chi connectivity index (χ0) is 15.8. The van der Waals surface area contributed by atoms with Gasteiger partial charge in [-0.05, 0) is 20.3 Å². The summed E-state index contributed by atoms with van der Waals surface area (Å²) in [5.74, 6) is -1.05. The molecule has 8 heteroatoms. The monoisotopic (exact) mass is 301 g/mol. The first-order valence-corrected chi connectivity index (χ1v) is 7.05. The Hall–Kier alpha value is -1.83. The van der Waals surface area contributed by atoms with E-state index in [9.17, 15) is 14.4 Å². The predicted octanol–water partition coefficient (Wildman–Crippen LogP) is -0.214. The molecule has 1 fully saturated rings. The minimum Gasteiger partial charge on any atom is -0.481 e. The maximum absolute atomic E-state index is 12.1. The van der Waals surface area contributed by atoms with E-state index < -0.39 is 18.0 Å². The van der Waals surface area contributed by atoms with E-state index in [0.29, 0.717) is 32.7 Å². The van der Waals surface area contributed by atoms with Gasteiger partial charge in [0.2, 0.25) is 5.91 Å². The fraction of sp³-hybridized carbons (Fsp3) is 0.769. The van der Waals surface area contributed by atoms with E-state index in [4.69, 9.17) is 9.84 Å². The van der Waals surface area contributed by atoms with Crippen molar-refractivity contribution in [3.05, 3.63) is 0 Å². The topological polar surface area (TPSA) is 108 Å². The molecule has 1 rings (SSSR count). The Morgan fingerprint density at radius 2 is 1.81 bits per heavy atom. The first kappa shape index (κ1) is 17.2. The van der Waals surface area contributed by atoms with E-state index in [0.717, 1.165) is 0 Å². The van der Waals surface area contributed by atoms with Crippen molar-refractivity contribution in [2.45, 2.75) is 38.8 Å².